The van der Waals surface area contributed by atoms with Gasteiger partial charge in [-0.15, -0.1) is 0 Å². The molecule has 0 saturated heterocycles. The Morgan fingerprint density at radius 3 is 2.33 bits per heavy atom. The summed E-state index contributed by atoms with van der Waals surface area (Å²) in [6.07, 6.45) is -1.03. The second-order valence-corrected chi connectivity index (χ2v) is 4.45. The molecule has 0 heterocycles. The minimum absolute atomic E-state index is 0.423. The van der Waals surface area contributed by atoms with Crippen molar-refractivity contribution < 1.29 is 24.0 Å². The first-order valence-electron chi connectivity index (χ1n) is 4.33. The van der Waals surface area contributed by atoms with Crippen molar-refractivity contribution in [3.63, 3.8) is 0 Å². The molecule has 0 aliphatic carbocycles. The van der Waals surface area contributed by atoms with Gasteiger partial charge in [-0.25, -0.2) is 4.57 Å². The van der Waals surface area contributed by atoms with Crippen LogP contribution in [0.4, 0.5) is 0 Å². The van der Waals surface area contributed by atoms with Crippen molar-refractivity contribution in [3.8, 4) is 0 Å². The molecule has 0 spiro atoms. The van der Waals surface area contributed by atoms with E-state index in [4.69, 9.17) is 9.79 Å². The lowest BCUT2D eigenvalue weighted by Crippen LogP contribution is -2.05. The van der Waals surface area contributed by atoms with Gasteiger partial charge in [0.25, 0.3) is 0 Å². The van der Waals surface area contributed by atoms with Gasteiger partial charge in [0, 0.05) is 0 Å². The van der Waals surface area contributed by atoms with Gasteiger partial charge in [0.2, 0.25) is 0 Å². The summed E-state index contributed by atoms with van der Waals surface area (Å²) in [4.78, 5) is 16.9. The van der Waals surface area contributed by atoms with Crippen molar-refractivity contribution >= 4 is 7.82 Å². The van der Waals surface area contributed by atoms with Gasteiger partial charge in [0.1, 0.15) is 6.10 Å². The highest BCUT2D eigenvalue weighted by Crippen LogP contribution is 2.36. The van der Waals surface area contributed by atoms with Crippen molar-refractivity contribution in [3.05, 3.63) is 35.4 Å². The van der Waals surface area contributed by atoms with Gasteiger partial charge >= 0.3 is 7.82 Å². The summed E-state index contributed by atoms with van der Waals surface area (Å²) >= 11 is 0. The van der Waals surface area contributed by atoms with Crippen LogP contribution in [0.3, 0.4) is 0 Å². The summed E-state index contributed by atoms with van der Waals surface area (Å²) in [5, 5.41) is 9.51. The number of rotatable bonds is 4. The lowest BCUT2D eigenvalue weighted by Gasteiger charge is -2.12. The summed E-state index contributed by atoms with van der Waals surface area (Å²) in [7, 11) is -4.51. The fraction of sp³-hybridized carbons (Fsp3) is 0.333. The molecule has 1 atom stereocenters. The smallest absolute Gasteiger partial charge is 0.386 e. The first-order chi connectivity index (χ1) is 6.88. The molecule has 1 rings (SSSR count). The van der Waals surface area contributed by atoms with Crippen molar-refractivity contribution in [2.75, 3.05) is 6.61 Å². The molecule has 0 radical (unpaired) electrons. The number of benzene rings is 1. The number of hydrogen-bond donors (Lipinski definition) is 3. The Kier molecular flexibility index (Phi) is 4.02. The lowest BCUT2D eigenvalue weighted by atomic mass is 10.1. The van der Waals surface area contributed by atoms with Crippen LogP contribution in [-0.4, -0.2) is 21.5 Å². The highest BCUT2D eigenvalue weighted by molar-refractivity contribution is 7.46. The predicted octanol–water partition coefficient (Wildman–Crippen LogP) is 1.14. The van der Waals surface area contributed by atoms with E-state index in [0.29, 0.717) is 5.56 Å². The summed E-state index contributed by atoms with van der Waals surface area (Å²) in [6.45, 7) is 1.48. The maximum absolute atomic E-state index is 10.4. The third-order valence-corrected chi connectivity index (χ3v) is 2.35. The van der Waals surface area contributed by atoms with E-state index in [-0.39, 0.29) is 0 Å². The van der Waals surface area contributed by atoms with Crippen LogP contribution in [0, 0.1) is 6.92 Å². The molecule has 5 nitrogen and oxygen atoms in total. The highest BCUT2D eigenvalue weighted by atomic mass is 31.2. The van der Waals surface area contributed by atoms with Crippen LogP contribution in [0.2, 0.25) is 0 Å². The van der Waals surface area contributed by atoms with Crippen molar-refractivity contribution in [1.29, 1.82) is 0 Å². The zero-order valence-electron chi connectivity index (χ0n) is 8.20. The third-order valence-electron chi connectivity index (χ3n) is 1.86. The fourth-order valence-corrected chi connectivity index (χ4v) is 1.39. The second-order valence-electron chi connectivity index (χ2n) is 3.21. The largest absolute Gasteiger partial charge is 0.469 e. The van der Waals surface area contributed by atoms with Gasteiger partial charge in [0.15, 0.2) is 0 Å². The van der Waals surface area contributed by atoms with E-state index in [9.17, 15) is 9.67 Å². The molecule has 0 bridgehead atoms. The third kappa shape index (κ3) is 4.55. The van der Waals surface area contributed by atoms with Crippen LogP contribution in [0.25, 0.3) is 0 Å². The van der Waals surface area contributed by atoms with Crippen LogP contribution in [-0.2, 0) is 9.09 Å². The van der Waals surface area contributed by atoms with Crippen LogP contribution in [0.1, 0.15) is 17.2 Å². The Bertz CT molecular complexity index is 355. The Labute approximate surface area is 87.6 Å². The number of phosphoric ester groups is 1. The molecule has 1 aromatic rings. The number of aryl methyl sites for hydroxylation is 1. The molecule has 84 valence electrons. The first-order valence-corrected chi connectivity index (χ1v) is 5.86. The molecule has 0 aliphatic heterocycles. The zero-order valence-corrected chi connectivity index (χ0v) is 9.09. The van der Waals surface area contributed by atoms with Crippen LogP contribution in [0.15, 0.2) is 24.3 Å². The molecule has 1 aromatic carbocycles. The molecule has 15 heavy (non-hydrogen) atoms. The van der Waals surface area contributed by atoms with E-state index in [1.54, 1.807) is 24.3 Å². The average molecular weight is 232 g/mol. The fourth-order valence-electron chi connectivity index (χ4n) is 1.05. The summed E-state index contributed by atoms with van der Waals surface area (Å²) < 4.78 is 14.6. The SMILES string of the molecule is Cc1ccc(C(O)COP(=O)(O)O)cc1. The van der Waals surface area contributed by atoms with Gasteiger partial charge in [-0.2, -0.15) is 0 Å². The maximum atomic E-state index is 10.4. The van der Waals surface area contributed by atoms with Crippen molar-refractivity contribution in [2.24, 2.45) is 0 Å². The molecule has 0 aliphatic rings. The van der Waals surface area contributed by atoms with E-state index >= 15 is 0 Å². The Hall–Kier alpha value is -0.710. The monoisotopic (exact) mass is 232 g/mol. The molecular weight excluding hydrogens is 219 g/mol. The lowest BCUT2D eigenvalue weighted by molar-refractivity contribution is 0.0851. The van der Waals surface area contributed by atoms with E-state index in [1.165, 1.54) is 0 Å². The van der Waals surface area contributed by atoms with E-state index in [1.807, 2.05) is 6.92 Å². The van der Waals surface area contributed by atoms with Crippen LogP contribution < -0.4 is 0 Å². The molecule has 1 unspecified atom stereocenters. The number of aliphatic hydroxyl groups excluding tert-OH is 1. The van der Waals surface area contributed by atoms with Gasteiger partial charge in [-0.05, 0) is 12.5 Å². The van der Waals surface area contributed by atoms with Crippen LogP contribution >= 0.6 is 7.82 Å². The molecule has 6 heteroatoms. The number of aliphatic hydroxyl groups is 1. The first kappa shape index (κ1) is 12.4. The highest BCUT2D eigenvalue weighted by Gasteiger charge is 2.17. The maximum Gasteiger partial charge on any atom is 0.469 e. The van der Waals surface area contributed by atoms with E-state index < -0.39 is 20.5 Å². The normalized spacial score (nSPS) is 13.9. The number of phosphoric acid groups is 1. The molecule has 3 N–H and O–H groups in total. The summed E-state index contributed by atoms with van der Waals surface area (Å²) in [6, 6.07) is 6.97. The summed E-state index contributed by atoms with van der Waals surface area (Å²) in [5.41, 5.74) is 1.61. The average Bonchev–Trinajstić information content (AvgIpc) is 2.14. The topological polar surface area (TPSA) is 87.0 Å². The van der Waals surface area contributed by atoms with Gasteiger partial charge in [-0.1, -0.05) is 29.8 Å². The Balaban J connectivity index is 2.58. The van der Waals surface area contributed by atoms with Crippen molar-refractivity contribution in [2.45, 2.75) is 13.0 Å². The Morgan fingerprint density at radius 2 is 1.87 bits per heavy atom. The van der Waals surface area contributed by atoms with Gasteiger partial charge in [-0.3, -0.25) is 4.52 Å². The molecule has 0 amide bonds. The quantitative estimate of drug-likeness (QED) is 0.677. The van der Waals surface area contributed by atoms with Gasteiger partial charge < -0.3 is 14.9 Å². The standard InChI is InChI=1S/C9H13O5P/c1-7-2-4-8(5-3-7)9(10)6-14-15(11,12)13/h2-5,9-10H,6H2,1H3,(H2,11,12,13). The molecular formula is C9H13O5P. The second kappa shape index (κ2) is 4.88. The molecule has 0 aromatic heterocycles. The van der Waals surface area contributed by atoms with Gasteiger partial charge in [0.05, 0.1) is 6.61 Å². The summed E-state index contributed by atoms with van der Waals surface area (Å²) in [5.74, 6) is 0. The minimum atomic E-state index is -4.51. The minimum Gasteiger partial charge on any atom is -0.386 e. The number of hydrogen-bond acceptors (Lipinski definition) is 3. The molecule has 0 saturated carbocycles. The predicted molar refractivity (Wildman–Crippen MR) is 54.1 cm³/mol. The molecule has 0 fully saturated rings. The van der Waals surface area contributed by atoms with Crippen molar-refractivity contribution in [1.82, 2.24) is 0 Å². The van der Waals surface area contributed by atoms with E-state index in [0.717, 1.165) is 5.56 Å². The zero-order chi connectivity index (χ0) is 11.5. The van der Waals surface area contributed by atoms with Crippen LogP contribution in [0.5, 0.6) is 0 Å². The Morgan fingerprint density at radius 1 is 1.33 bits per heavy atom. The van der Waals surface area contributed by atoms with E-state index in [2.05, 4.69) is 4.52 Å².